The Balaban J connectivity index is 2.37. The van der Waals surface area contributed by atoms with Crippen molar-refractivity contribution in [3.63, 3.8) is 0 Å². The summed E-state index contributed by atoms with van der Waals surface area (Å²) < 4.78 is 9.96. The monoisotopic (exact) mass is 239 g/mol. The van der Waals surface area contributed by atoms with Crippen LogP contribution in [-0.4, -0.2) is 24.1 Å². The second-order valence-electron chi connectivity index (χ2n) is 3.15. The molecule has 0 atom stereocenters. The molecule has 92 valence electrons. The number of ether oxygens (including phenoxy) is 2. The Labute approximate surface area is 98.3 Å². The molecule has 1 aromatic carbocycles. The first-order valence-electron chi connectivity index (χ1n) is 5.16. The zero-order valence-corrected chi connectivity index (χ0v) is 9.42. The normalized spacial score (nSPS) is 9.71. The van der Waals surface area contributed by atoms with Gasteiger partial charge < -0.3 is 9.47 Å². The molecule has 0 saturated heterocycles. The van der Waals surface area contributed by atoms with E-state index >= 15 is 0 Å². The van der Waals surface area contributed by atoms with Crippen LogP contribution in [0.3, 0.4) is 0 Å². The van der Waals surface area contributed by atoms with Crippen LogP contribution in [-0.2, 0) is 9.53 Å². The first kappa shape index (κ1) is 13.0. The minimum Gasteiger partial charge on any atom is -0.493 e. The molecule has 0 radical (unpaired) electrons. The maximum atomic E-state index is 11.0. The lowest BCUT2D eigenvalue weighted by atomic mass is 10.3. The molecule has 0 N–H and O–H groups in total. The highest BCUT2D eigenvalue weighted by atomic mass is 16.6. The van der Waals surface area contributed by atoms with E-state index in [-0.39, 0.29) is 24.7 Å². The fourth-order valence-corrected chi connectivity index (χ4v) is 1.15. The average molecular weight is 239 g/mol. The first-order chi connectivity index (χ1) is 8.13. The van der Waals surface area contributed by atoms with Gasteiger partial charge in [-0.15, -0.1) is 0 Å². The van der Waals surface area contributed by atoms with Crippen molar-refractivity contribution in [2.24, 2.45) is 0 Å². The zero-order valence-electron chi connectivity index (χ0n) is 9.42. The minimum atomic E-state index is -0.484. The Morgan fingerprint density at radius 2 is 2.00 bits per heavy atom. The molecule has 6 nitrogen and oxygen atoms in total. The molecule has 0 unspecified atom stereocenters. The summed E-state index contributed by atoms with van der Waals surface area (Å²) in [5.74, 6) is 0.161. The number of nitro benzene ring substituents is 1. The number of non-ortho nitro benzene ring substituents is 1. The molecular weight excluding hydrogens is 226 g/mol. The van der Waals surface area contributed by atoms with E-state index in [0.29, 0.717) is 12.4 Å². The fraction of sp³-hybridized carbons (Fsp3) is 0.364. The van der Waals surface area contributed by atoms with Crippen molar-refractivity contribution < 1.29 is 19.2 Å². The van der Waals surface area contributed by atoms with Gasteiger partial charge in [0, 0.05) is 12.1 Å². The van der Waals surface area contributed by atoms with Gasteiger partial charge in [0.2, 0.25) is 0 Å². The number of hydrogen-bond acceptors (Lipinski definition) is 5. The molecule has 0 fully saturated rings. The van der Waals surface area contributed by atoms with Crippen LogP contribution in [0.4, 0.5) is 5.69 Å². The van der Waals surface area contributed by atoms with Gasteiger partial charge in [-0.25, -0.2) is 0 Å². The number of nitro groups is 1. The third-order valence-electron chi connectivity index (χ3n) is 1.93. The van der Waals surface area contributed by atoms with E-state index in [0.717, 1.165) is 0 Å². The lowest BCUT2D eigenvalue weighted by molar-refractivity contribution is -0.384. The number of rotatable bonds is 6. The Hall–Kier alpha value is -2.11. The van der Waals surface area contributed by atoms with Crippen molar-refractivity contribution in [2.45, 2.75) is 13.3 Å². The zero-order chi connectivity index (χ0) is 12.7. The Morgan fingerprint density at radius 3 is 2.53 bits per heavy atom. The molecule has 0 aliphatic rings. The van der Waals surface area contributed by atoms with Crippen molar-refractivity contribution >= 4 is 11.7 Å². The number of hydrogen-bond donors (Lipinski definition) is 0. The van der Waals surface area contributed by atoms with E-state index in [1.54, 1.807) is 6.92 Å². The van der Waals surface area contributed by atoms with Crippen LogP contribution in [0.25, 0.3) is 0 Å². The molecule has 0 aliphatic heterocycles. The predicted molar refractivity (Wildman–Crippen MR) is 59.8 cm³/mol. The van der Waals surface area contributed by atoms with Crippen LogP contribution in [0.2, 0.25) is 0 Å². The highest BCUT2D eigenvalue weighted by molar-refractivity contribution is 5.69. The summed E-state index contributed by atoms with van der Waals surface area (Å²) in [5, 5.41) is 10.4. The van der Waals surface area contributed by atoms with Gasteiger partial charge in [-0.3, -0.25) is 14.9 Å². The number of benzene rings is 1. The van der Waals surface area contributed by atoms with Crippen LogP contribution < -0.4 is 4.74 Å². The fourth-order valence-electron chi connectivity index (χ4n) is 1.15. The smallest absolute Gasteiger partial charge is 0.309 e. The molecule has 0 aromatic heterocycles. The molecule has 1 rings (SSSR count). The molecule has 0 aliphatic carbocycles. The van der Waals surface area contributed by atoms with E-state index in [2.05, 4.69) is 0 Å². The van der Waals surface area contributed by atoms with Gasteiger partial charge in [0.1, 0.15) is 5.75 Å². The summed E-state index contributed by atoms with van der Waals surface area (Å²) in [4.78, 5) is 20.9. The van der Waals surface area contributed by atoms with Crippen molar-refractivity contribution in [3.8, 4) is 5.75 Å². The third-order valence-corrected chi connectivity index (χ3v) is 1.93. The van der Waals surface area contributed by atoms with E-state index in [1.807, 2.05) is 0 Å². The lowest BCUT2D eigenvalue weighted by Gasteiger charge is -2.05. The second kappa shape index (κ2) is 6.47. The van der Waals surface area contributed by atoms with Gasteiger partial charge >= 0.3 is 5.97 Å². The minimum absolute atomic E-state index is 0.00254. The van der Waals surface area contributed by atoms with Crippen molar-refractivity contribution in [2.75, 3.05) is 13.2 Å². The topological polar surface area (TPSA) is 78.7 Å². The standard InChI is InChI=1S/C11H13NO5/c1-2-16-11(13)7-8-17-10-5-3-9(4-6-10)12(14)15/h3-6H,2,7-8H2,1H3. The van der Waals surface area contributed by atoms with Crippen molar-refractivity contribution in [1.29, 1.82) is 0 Å². The highest BCUT2D eigenvalue weighted by Crippen LogP contribution is 2.17. The Bertz CT molecular complexity index is 387. The molecule has 17 heavy (non-hydrogen) atoms. The first-order valence-corrected chi connectivity index (χ1v) is 5.16. The molecule has 0 heterocycles. The molecule has 1 aromatic rings. The number of carbonyl (C=O) groups excluding carboxylic acids is 1. The van der Waals surface area contributed by atoms with E-state index in [4.69, 9.17) is 9.47 Å². The average Bonchev–Trinajstić information content (AvgIpc) is 2.30. The van der Waals surface area contributed by atoms with E-state index in [1.165, 1.54) is 24.3 Å². The van der Waals surface area contributed by atoms with Gasteiger partial charge in [-0.1, -0.05) is 0 Å². The summed E-state index contributed by atoms with van der Waals surface area (Å²) in [6.07, 6.45) is 0.158. The molecule has 0 saturated carbocycles. The highest BCUT2D eigenvalue weighted by Gasteiger charge is 2.05. The quantitative estimate of drug-likeness (QED) is 0.430. The van der Waals surface area contributed by atoms with Crippen LogP contribution in [0.5, 0.6) is 5.75 Å². The summed E-state index contributed by atoms with van der Waals surface area (Å²) in [5.41, 5.74) is 0.00254. The maximum absolute atomic E-state index is 11.0. The van der Waals surface area contributed by atoms with Crippen LogP contribution in [0.1, 0.15) is 13.3 Å². The van der Waals surface area contributed by atoms with Gasteiger partial charge in [-0.2, -0.15) is 0 Å². The molecule has 0 bridgehead atoms. The van der Waals surface area contributed by atoms with Crippen LogP contribution in [0.15, 0.2) is 24.3 Å². The molecule has 6 heteroatoms. The predicted octanol–water partition coefficient (Wildman–Crippen LogP) is 1.93. The molecular formula is C11H13NO5. The summed E-state index contributed by atoms with van der Waals surface area (Å²) >= 11 is 0. The third kappa shape index (κ3) is 4.50. The molecule has 0 amide bonds. The number of esters is 1. The SMILES string of the molecule is CCOC(=O)CCOc1ccc([N+](=O)[O-])cc1. The largest absolute Gasteiger partial charge is 0.493 e. The number of carbonyl (C=O) groups is 1. The van der Waals surface area contributed by atoms with E-state index < -0.39 is 4.92 Å². The summed E-state index contributed by atoms with van der Waals surface area (Å²) in [7, 11) is 0. The van der Waals surface area contributed by atoms with Crippen LogP contribution >= 0.6 is 0 Å². The Morgan fingerprint density at radius 1 is 1.35 bits per heavy atom. The van der Waals surface area contributed by atoms with Gasteiger partial charge in [0.15, 0.2) is 0 Å². The van der Waals surface area contributed by atoms with Crippen molar-refractivity contribution in [3.05, 3.63) is 34.4 Å². The van der Waals surface area contributed by atoms with Crippen LogP contribution in [0, 0.1) is 10.1 Å². The second-order valence-corrected chi connectivity index (χ2v) is 3.15. The Kier molecular flexibility index (Phi) is 4.93. The summed E-state index contributed by atoms with van der Waals surface area (Å²) in [6.45, 7) is 2.27. The van der Waals surface area contributed by atoms with Gasteiger partial charge in [0.25, 0.3) is 5.69 Å². The molecule has 0 spiro atoms. The summed E-state index contributed by atoms with van der Waals surface area (Å²) in [6, 6.07) is 5.67. The van der Waals surface area contributed by atoms with Crippen molar-refractivity contribution in [1.82, 2.24) is 0 Å². The van der Waals surface area contributed by atoms with Gasteiger partial charge in [-0.05, 0) is 19.1 Å². The van der Waals surface area contributed by atoms with E-state index in [9.17, 15) is 14.9 Å². The maximum Gasteiger partial charge on any atom is 0.309 e. The lowest BCUT2D eigenvalue weighted by Crippen LogP contribution is -2.09. The number of nitrogens with zero attached hydrogens (tertiary/aromatic N) is 1. The van der Waals surface area contributed by atoms with Gasteiger partial charge in [0.05, 0.1) is 24.6 Å².